The van der Waals surface area contributed by atoms with Crippen molar-refractivity contribution in [2.45, 2.75) is 38.2 Å². The minimum absolute atomic E-state index is 0.187. The maximum Gasteiger partial charge on any atom is 0.144 e. The molecule has 0 heterocycles. The molecular formula is C13H18O2. The predicted molar refractivity (Wildman–Crippen MR) is 59.5 cm³/mol. The Kier molecular flexibility index (Phi) is 3.08. The monoisotopic (exact) mass is 206 g/mol. The van der Waals surface area contributed by atoms with Crippen LogP contribution in [0.3, 0.4) is 0 Å². The SMILES string of the molecule is Cc1ccc(C2(OCO)CCCC2)cc1. The molecule has 1 N–H and O–H groups in total. The van der Waals surface area contributed by atoms with Crippen molar-refractivity contribution in [1.29, 1.82) is 0 Å². The molecule has 0 saturated heterocycles. The number of rotatable bonds is 3. The van der Waals surface area contributed by atoms with Gasteiger partial charge in [0.1, 0.15) is 6.79 Å². The number of aryl methyl sites for hydroxylation is 1. The highest BCUT2D eigenvalue weighted by atomic mass is 16.6. The lowest BCUT2D eigenvalue weighted by Crippen LogP contribution is -2.26. The van der Waals surface area contributed by atoms with Gasteiger partial charge in [-0.15, -0.1) is 0 Å². The van der Waals surface area contributed by atoms with E-state index in [1.54, 1.807) is 0 Å². The molecule has 0 aliphatic heterocycles. The van der Waals surface area contributed by atoms with Crippen LogP contribution in [0.5, 0.6) is 0 Å². The van der Waals surface area contributed by atoms with Gasteiger partial charge in [-0.05, 0) is 25.3 Å². The summed E-state index contributed by atoms with van der Waals surface area (Å²) < 4.78 is 5.57. The first-order valence-corrected chi connectivity index (χ1v) is 5.59. The van der Waals surface area contributed by atoms with E-state index in [4.69, 9.17) is 9.84 Å². The van der Waals surface area contributed by atoms with Gasteiger partial charge in [0.05, 0.1) is 5.60 Å². The fraction of sp³-hybridized carbons (Fsp3) is 0.538. The number of ether oxygens (including phenoxy) is 1. The Bertz CT molecular complexity index is 310. The lowest BCUT2D eigenvalue weighted by molar-refractivity contribution is -0.118. The molecule has 0 amide bonds. The Balaban J connectivity index is 2.28. The Labute approximate surface area is 90.9 Å². The third-order valence-corrected chi connectivity index (χ3v) is 3.33. The molecule has 1 aliphatic carbocycles. The van der Waals surface area contributed by atoms with E-state index in [0.29, 0.717) is 0 Å². The van der Waals surface area contributed by atoms with Gasteiger partial charge >= 0.3 is 0 Å². The molecule has 15 heavy (non-hydrogen) atoms. The van der Waals surface area contributed by atoms with Crippen LogP contribution in [0.15, 0.2) is 24.3 Å². The van der Waals surface area contributed by atoms with Crippen LogP contribution in [-0.4, -0.2) is 11.9 Å². The molecule has 0 aromatic heterocycles. The highest BCUT2D eigenvalue weighted by Crippen LogP contribution is 2.41. The summed E-state index contributed by atoms with van der Waals surface area (Å²) in [7, 11) is 0. The van der Waals surface area contributed by atoms with E-state index in [1.165, 1.54) is 24.0 Å². The minimum atomic E-state index is -0.220. The summed E-state index contributed by atoms with van der Waals surface area (Å²) in [5, 5.41) is 8.99. The van der Waals surface area contributed by atoms with Gasteiger partial charge in [-0.1, -0.05) is 42.7 Å². The van der Waals surface area contributed by atoms with Gasteiger partial charge < -0.3 is 9.84 Å². The summed E-state index contributed by atoms with van der Waals surface area (Å²) in [5.41, 5.74) is 2.25. The van der Waals surface area contributed by atoms with Crippen LogP contribution >= 0.6 is 0 Å². The molecule has 1 fully saturated rings. The average Bonchev–Trinajstić information content (AvgIpc) is 2.69. The number of aliphatic hydroxyl groups excluding tert-OH is 1. The smallest absolute Gasteiger partial charge is 0.144 e. The molecule has 0 unspecified atom stereocenters. The zero-order valence-electron chi connectivity index (χ0n) is 9.20. The summed E-state index contributed by atoms with van der Waals surface area (Å²) in [6, 6.07) is 8.46. The summed E-state index contributed by atoms with van der Waals surface area (Å²) in [6.07, 6.45) is 4.43. The van der Waals surface area contributed by atoms with Crippen molar-refractivity contribution in [3.63, 3.8) is 0 Å². The minimum Gasteiger partial charge on any atom is -0.371 e. The molecule has 1 aromatic rings. The first kappa shape index (κ1) is 10.7. The molecule has 82 valence electrons. The van der Waals surface area contributed by atoms with Crippen LogP contribution < -0.4 is 0 Å². The third-order valence-electron chi connectivity index (χ3n) is 3.33. The highest BCUT2D eigenvalue weighted by molar-refractivity contribution is 5.27. The maximum absolute atomic E-state index is 8.99. The highest BCUT2D eigenvalue weighted by Gasteiger charge is 2.36. The van der Waals surface area contributed by atoms with Crippen molar-refractivity contribution < 1.29 is 9.84 Å². The molecule has 0 spiro atoms. The number of aliphatic hydroxyl groups is 1. The van der Waals surface area contributed by atoms with Crippen molar-refractivity contribution in [1.82, 2.24) is 0 Å². The standard InChI is InChI=1S/C13H18O2/c1-11-4-6-12(7-5-11)13(15-10-14)8-2-3-9-13/h4-7,14H,2-3,8-10H2,1H3. The van der Waals surface area contributed by atoms with Crippen LogP contribution in [0.1, 0.15) is 36.8 Å². The van der Waals surface area contributed by atoms with E-state index in [-0.39, 0.29) is 12.4 Å². The van der Waals surface area contributed by atoms with Gasteiger partial charge in [0.15, 0.2) is 0 Å². The van der Waals surface area contributed by atoms with E-state index in [1.807, 2.05) is 0 Å². The van der Waals surface area contributed by atoms with E-state index in [9.17, 15) is 0 Å². The van der Waals surface area contributed by atoms with Crippen molar-refractivity contribution in [3.05, 3.63) is 35.4 Å². The molecule has 1 aliphatic rings. The van der Waals surface area contributed by atoms with Crippen LogP contribution in [0.4, 0.5) is 0 Å². The van der Waals surface area contributed by atoms with Gasteiger partial charge in [0.2, 0.25) is 0 Å². The van der Waals surface area contributed by atoms with E-state index >= 15 is 0 Å². The topological polar surface area (TPSA) is 29.5 Å². The van der Waals surface area contributed by atoms with Gasteiger partial charge in [-0.3, -0.25) is 0 Å². The lowest BCUT2D eigenvalue weighted by Gasteiger charge is -2.29. The summed E-state index contributed by atoms with van der Waals surface area (Å²) in [5.74, 6) is 0. The molecule has 1 saturated carbocycles. The fourth-order valence-electron chi connectivity index (χ4n) is 2.44. The van der Waals surface area contributed by atoms with Gasteiger partial charge in [0, 0.05) is 0 Å². The molecule has 0 radical (unpaired) electrons. The first-order chi connectivity index (χ1) is 7.27. The zero-order chi connectivity index (χ0) is 10.7. The molecule has 0 atom stereocenters. The van der Waals surface area contributed by atoms with Crippen molar-refractivity contribution >= 4 is 0 Å². The van der Waals surface area contributed by atoms with E-state index in [0.717, 1.165) is 12.8 Å². The van der Waals surface area contributed by atoms with Crippen molar-refractivity contribution in [2.24, 2.45) is 0 Å². The number of benzene rings is 1. The molecular weight excluding hydrogens is 188 g/mol. The molecule has 0 bridgehead atoms. The largest absolute Gasteiger partial charge is 0.371 e. The second kappa shape index (κ2) is 4.33. The zero-order valence-corrected chi connectivity index (χ0v) is 9.20. The van der Waals surface area contributed by atoms with Crippen molar-refractivity contribution in [2.75, 3.05) is 6.79 Å². The van der Waals surface area contributed by atoms with Crippen LogP contribution in [0.2, 0.25) is 0 Å². The maximum atomic E-state index is 8.99. The molecule has 2 heteroatoms. The van der Waals surface area contributed by atoms with Crippen LogP contribution in [0.25, 0.3) is 0 Å². The Morgan fingerprint density at radius 3 is 2.33 bits per heavy atom. The second-order valence-electron chi connectivity index (χ2n) is 4.34. The Hall–Kier alpha value is -0.860. The third kappa shape index (κ3) is 2.06. The second-order valence-corrected chi connectivity index (χ2v) is 4.34. The van der Waals surface area contributed by atoms with Gasteiger partial charge in [0.25, 0.3) is 0 Å². The quantitative estimate of drug-likeness (QED) is 0.770. The number of hydrogen-bond acceptors (Lipinski definition) is 2. The lowest BCUT2D eigenvalue weighted by atomic mass is 9.91. The average molecular weight is 206 g/mol. The summed E-state index contributed by atoms with van der Waals surface area (Å²) >= 11 is 0. The molecule has 1 aromatic carbocycles. The Morgan fingerprint density at radius 1 is 1.20 bits per heavy atom. The van der Waals surface area contributed by atoms with E-state index in [2.05, 4.69) is 31.2 Å². The summed E-state index contributed by atoms with van der Waals surface area (Å²) in [6.45, 7) is 1.89. The number of hydrogen-bond donors (Lipinski definition) is 1. The first-order valence-electron chi connectivity index (χ1n) is 5.59. The van der Waals surface area contributed by atoms with E-state index < -0.39 is 0 Å². The molecule has 2 nitrogen and oxygen atoms in total. The van der Waals surface area contributed by atoms with Gasteiger partial charge in [-0.25, -0.2) is 0 Å². The van der Waals surface area contributed by atoms with Crippen LogP contribution in [-0.2, 0) is 10.3 Å². The fourth-order valence-corrected chi connectivity index (χ4v) is 2.44. The molecule has 2 rings (SSSR count). The predicted octanol–water partition coefficient (Wildman–Crippen LogP) is 2.73. The van der Waals surface area contributed by atoms with Crippen molar-refractivity contribution in [3.8, 4) is 0 Å². The van der Waals surface area contributed by atoms with Crippen LogP contribution in [0, 0.1) is 6.92 Å². The normalized spacial score (nSPS) is 19.3. The summed E-state index contributed by atoms with van der Waals surface area (Å²) in [4.78, 5) is 0. The Morgan fingerprint density at radius 2 is 1.80 bits per heavy atom. The van der Waals surface area contributed by atoms with Gasteiger partial charge in [-0.2, -0.15) is 0 Å².